The second kappa shape index (κ2) is 5.84. The Hall–Kier alpha value is -0.910. The van der Waals surface area contributed by atoms with E-state index in [2.05, 4.69) is 23.8 Å². The highest BCUT2D eigenvalue weighted by Gasteiger charge is 2.46. The van der Waals surface area contributed by atoms with Crippen molar-refractivity contribution in [2.24, 2.45) is 0 Å². The predicted molar refractivity (Wildman–Crippen MR) is 81.8 cm³/mol. The van der Waals surface area contributed by atoms with Crippen molar-refractivity contribution in [1.29, 1.82) is 0 Å². The van der Waals surface area contributed by atoms with Gasteiger partial charge in [-0.2, -0.15) is 17.4 Å². The van der Waals surface area contributed by atoms with Crippen LogP contribution in [-0.2, 0) is 16.6 Å². The van der Waals surface area contributed by atoms with Gasteiger partial charge in [0.25, 0.3) is 10.2 Å². The Balaban J connectivity index is 2.11. The number of hydrogen-bond acceptors (Lipinski definition) is 2. The normalized spacial score (nSPS) is 17.4. The average Bonchev–Trinajstić information content (AvgIpc) is 3.12. The number of nitrogens with zero attached hydrogens (tertiary/aromatic N) is 1. The molecule has 112 valence electrons. The maximum Gasteiger partial charge on any atom is 0.279 e. The molecule has 1 N–H and O–H groups in total. The van der Waals surface area contributed by atoms with Crippen LogP contribution in [0, 0.1) is 6.92 Å². The molecule has 0 amide bonds. The zero-order valence-corrected chi connectivity index (χ0v) is 13.3. The van der Waals surface area contributed by atoms with Crippen molar-refractivity contribution >= 4 is 10.2 Å². The van der Waals surface area contributed by atoms with E-state index in [4.69, 9.17) is 0 Å². The van der Waals surface area contributed by atoms with Gasteiger partial charge in [0, 0.05) is 18.6 Å². The van der Waals surface area contributed by atoms with E-state index in [0.29, 0.717) is 13.1 Å². The summed E-state index contributed by atoms with van der Waals surface area (Å²) in [6, 6.07) is 8.18. The van der Waals surface area contributed by atoms with E-state index in [0.717, 1.165) is 19.3 Å². The molecule has 1 aromatic rings. The monoisotopic (exact) mass is 296 g/mol. The van der Waals surface area contributed by atoms with E-state index in [1.807, 2.05) is 26.0 Å². The molecule has 1 saturated carbocycles. The van der Waals surface area contributed by atoms with Crippen LogP contribution < -0.4 is 4.72 Å². The average molecular weight is 296 g/mol. The van der Waals surface area contributed by atoms with Gasteiger partial charge in [0.2, 0.25) is 0 Å². The topological polar surface area (TPSA) is 49.4 Å². The second-order valence-electron chi connectivity index (χ2n) is 5.57. The van der Waals surface area contributed by atoms with Crippen molar-refractivity contribution in [2.75, 3.05) is 13.1 Å². The summed E-state index contributed by atoms with van der Waals surface area (Å²) in [5.41, 5.74) is 2.18. The molecule has 4 nitrogen and oxygen atoms in total. The zero-order valence-electron chi connectivity index (χ0n) is 12.5. The third-order valence-electron chi connectivity index (χ3n) is 4.03. The van der Waals surface area contributed by atoms with Gasteiger partial charge in [-0.05, 0) is 37.3 Å². The predicted octanol–water partition coefficient (Wildman–Crippen LogP) is 2.25. The van der Waals surface area contributed by atoms with E-state index in [1.165, 1.54) is 15.4 Å². The summed E-state index contributed by atoms with van der Waals surface area (Å²) in [5, 5.41) is 0. The molecule has 0 radical (unpaired) electrons. The summed E-state index contributed by atoms with van der Waals surface area (Å²) in [6.07, 6.45) is 2.61. The molecule has 1 aliphatic carbocycles. The van der Waals surface area contributed by atoms with Gasteiger partial charge in [-0.3, -0.25) is 0 Å². The Bertz CT molecular complexity index is 561. The molecule has 0 atom stereocenters. The highest BCUT2D eigenvalue weighted by molar-refractivity contribution is 7.87. The number of benzene rings is 1. The van der Waals surface area contributed by atoms with Gasteiger partial charge in [0.1, 0.15) is 0 Å². The molecular weight excluding hydrogens is 272 g/mol. The summed E-state index contributed by atoms with van der Waals surface area (Å²) in [4.78, 5) is 0. The molecule has 0 aromatic heterocycles. The highest BCUT2D eigenvalue weighted by Crippen LogP contribution is 2.40. The third kappa shape index (κ3) is 3.40. The second-order valence-corrected chi connectivity index (χ2v) is 7.25. The molecule has 0 saturated heterocycles. The van der Waals surface area contributed by atoms with Crippen LogP contribution in [0.25, 0.3) is 0 Å². The van der Waals surface area contributed by atoms with Crippen LogP contribution in [0.15, 0.2) is 24.3 Å². The first-order valence-corrected chi connectivity index (χ1v) is 8.70. The smallest absolute Gasteiger partial charge is 0.196 e. The molecule has 0 unspecified atom stereocenters. The number of hydrogen-bond donors (Lipinski definition) is 1. The maximum atomic E-state index is 12.3. The maximum absolute atomic E-state index is 12.3. The Morgan fingerprint density at radius 2 is 1.80 bits per heavy atom. The molecule has 20 heavy (non-hydrogen) atoms. The minimum Gasteiger partial charge on any atom is -0.196 e. The quantitative estimate of drug-likeness (QED) is 0.839. The van der Waals surface area contributed by atoms with Crippen molar-refractivity contribution in [1.82, 2.24) is 9.03 Å². The Morgan fingerprint density at radius 3 is 2.30 bits per heavy atom. The minimum absolute atomic E-state index is 0.270. The summed E-state index contributed by atoms with van der Waals surface area (Å²) >= 11 is 0. The summed E-state index contributed by atoms with van der Waals surface area (Å²) in [5.74, 6) is 0. The van der Waals surface area contributed by atoms with Gasteiger partial charge in [-0.1, -0.05) is 38.1 Å². The van der Waals surface area contributed by atoms with E-state index in [-0.39, 0.29) is 5.54 Å². The summed E-state index contributed by atoms with van der Waals surface area (Å²) in [7, 11) is -3.37. The van der Waals surface area contributed by atoms with E-state index in [1.54, 1.807) is 0 Å². The number of nitrogens with one attached hydrogen (secondary N) is 1. The van der Waals surface area contributed by atoms with Crippen LogP contribution in [-0.4, -0.2) is 31.4 Å². The van der Waals surface area contributed by atoms with Gasteiger partial charge in [0.05, 0.1) is 0 Å². The Kier molecular flexibility index (Phi) is 4.52. The van der Waals surface area contributed by atoms with Gasteiger partial charge < -0.3 is 0 Å². The molecular formula is C15H24N2O2S. The largest absolute Gasteiger partial charge is 0.279 e. The van der Waals surface area contributed by atoms with Gasteiger partial charge >= 0.3 is 0 Å². The molecule has 0 spiro atoms. The van der Waals surface area contributed by atoms with Crippen molar-refractivity contribution in [3.05, 3.63) is 35.4 Å². The molecule has 1 fully saturated rings. The molecule has 5 heteroatoms. The summed E-state index contributed by atoms with van der Waals surface area (Å²) in [6.45, 7) is 6.82. The first-order valence-electron chi connectivity index (χ1n) is 7.26. The molecule has 0 heterocycles. The molecule has 2 rings (SSSR count). The molecule has 0 bridgehead atoms. The lowest BCUT2D eigenvalue weighted by Gasteiger charge is -2.24. The molecule has 1 aromatic carbocycles. The molecule has 0 aliphatic heterocycles. The van der Waals surface area contributed by atoms with Crippen LogP contribution in [0.4, 0.5) is 0 Å². The first-order chi connectivity index (χ1) is 9.42. The highest BCUT2D eigenvalue weighted by atomic mass is 32.2. The van der Waals surface area contributed by atoms with Crippen LogP contribution in [0.2, 0.25) is 0 Å². The van der Waals surface area contributed by atoms with Gasteiger partial charge in [0.15, 0.2) is 0 Å². The van der Waals surface area contributed by atoms with Crippen LogP contribution >= 0.6 is 0 Å². The fraction of sp³-hybridized carbons (Fsp3) is 0.600. The fourth-order valence-electron chi connectivity index (χ4n) is 2.54. The standard InChI is InChI=1S/C15H24N2O2S/c1-4-17(5-2)20(18,19)16-15(10-11-15)12-14-9-7-6-8-13(14)3/h6-9,16H,4-5,10-12H2,1-3H3. The first kappa shape index (κ1) is 15.5. The van der Waals surface area contributed by atoms with E-state index in [9.17, 15) is 8.42 Å². The lowest BCUT2D eigenvalue weighted by molar-refractivity contribution is 0.421. The Labute approximate surface area is 122 Å². The van der Waals surface area contributed by atoms with E-state index < -0.39 is 10.2 Å². The van der Waals surface area contributed by atoms with Crippen molar-refractivity contribution in [2.45, 2.75) is 45.6 Å². The van der Waals surface area contributed by atoms with Gasteiger partial charge in [-0.15, -0.1) is 0 Å². The van der Waals surface area contributed by atoms with Gasteiger partial charge in [-0.25, -0.2) is 0 Å². The van der Waals surface area contributed by atoms with Crippen molar-refractivity contribution in [3.8, 4) is 0 Å². The van der Waals surface area contributed by atoms with Crippen LogP contribution in [0.5, 0.6) is 0 Å². The minimum atomic E-state index is -3.37. The summed E-state index contributed by atoms with van der Waals surface area (Å²) < 4.78 is 29.1. The van der Waals surface area contributed by atoms with Crippen molar-refractivity contribution < 1.29 is 8.42 Å². The number of rotatable bonds is 7. The van der Waals surface area contributed by atoms with Crippen LogP contribution in [0.3, 0.4) is 0 Å². The Morgan fingerprint density at radius 1 is 1.20 bits per heavy atom. The van der Waals surface area contributed by atoms with Crippen molar-refractivity contribution in [3.63, 3.8) is 0 Å². The lowest BCUT2D eigenvalue weighted by Crippen LogP contribution is -2.47. The zero-order chi connectivity index (χ0) is 14.8. The number of aryl methyl sites for hydroxylation is 1. The van der Waals surface area contributed by atoms with Crippen LogP contribution in [0.1, 0.15) is 37.8 Å². The SMILES string of the molecule is CCN(CC)S(=O)(=O)NC1(Cc2ccccc2C)CC1. The fourth-order valence-corrected chi connectivity index (χ4v) is 4.17. The lowest BCUT2D eigenvalue weighted by atomic mass is 10.0. The van der Waals surface area contributed by atoms with E-state index >= 15 is 0 Å². The third-order valence-corrected chi connectivity index (χ3v) is 5.92. The molecule has 1 aliphatic rings.